The van der Waals surface area contributed by atoms with Gasteiger partial charge in [0, 0.05) is 0 Å². The zero-order chi connectivity index (χ0) is 22.3. The standard InChI is InChI=1S/C23H18F3NO4/c24-23(25,26)19-8-4-5-9-20(19)27-21(28)15-31-22(29)17-10-12-18(13-11-17)30-14-16-6-2-1-3-7-16/h1-13H,14-15H2,(H,27,28). The Balaban J connectivity index is 1.51. The number of nitrogens with one attached hydrogen (secondary N) is 1. The number of anilines is 1. The second-order valence-corrected chi connectivity index (χ2v) is 6.47. The first kappa shape index (κ1) is 21.9. The number of carbonyl (C=O) groups excluding carboxylic acids is 2. The van der Waals surface area contributed by atoms with Crippen LogP contribution in [0, 0.1) is 0 Å². The van der Waals surface area contributed by atoms with Gasteiger partial charge in [0.2, 0.25) is 0 Å². The molecule has 0 atom stereocenters. The second-order valence-electron chi connectivity index (χ2n) is 6.47. The molecule has 1 N–H and O–H groups in total. The Hall–Kier alpha value is -3.81. The van der Waals surface area contributed by atoms with Crippen LogP contribution in [0.25, 0.3) is 0 Å². The Morgan fingerprint density at radius 2 is 1.48 bits per heavy atom. The molecule has 0 aliphatic rings. The summed E-state index contributed by atoms with van der Waals surface area (Å²) in [5, 5.41) is 2.11. The summed E-state index contributed by atoms with van der Waals surface area (Å²) in [5.41, 5.74) is -0.226. The lowest BCUT2D eigenvalue weighted by Crippen LogP contribution is -2.22. The van der Waals surface area contributed by atoms with Crippen molar-refractivity contribution in [3.8, 4) is 5.75 Å². The van der Waals surface area contributed by atoms with Gasteiger partial charge in [0.05, 0.1) is 16.8 Å². The van der Waals surface area contributed by atoms with Crippen molar-refractivity contribution < 1.29 is 32.2 Å². The van der Waals surface area contributed by atoms with Gasteiger partial charge < -0.3 is 14.8 Å². The van der Waals surface area contributed by atoms with Crippen LogP contribution in [0.15, 0.2) is 78.9 Å². The van der Waals surface area contributed by atoms with Crippen molar-refractivity contribution in [2.45, 2.75) is 12.8 Å². The van der Waals surface area contributed by atoms with Crippen molar-refractivity contribution >= 4 is 17.6 Å². The average Bonchev–Trinajstić information content (AvgIpc) is 2.77. The Morgan fingerprint density at radius 1 is 0.839 bits per heavy atom. The number of alkyl halides is 3. The summed E-state index contributed by atoms with van der Waals surface area (Å²) in [6, 6.07) is 20.2. The van der Waals surface area contributed by atoms with Crippen molar-refractivity contribution in [2.75, 3.05) is 11.9 Å². The van der Waals surface area contributed by atoms with Gasteiger partial charge in [-0.25, -0.2) is 4.79 Å². The van der Waals surface area contributed by atoms with Crippen LogP contribution in [0.5, 0.6) is 5.75 Å². The molecular weight excluding hydrogens is 411 g/mol. The van der Waals surface area contributed by atoms with Crippen molar-refractivity contribution in [1.29, 1.82) is 0 Å². The van der Waals surface area contributed by atoms with Gasteiger partial charge in [-0.15, -0.1) is 0 Å². The van der Waals surface area contributed by atoms with Crippen LogP contribution in [0.1, 0.15) is 21.5 Å². The quantitative estimate of drug-likeness (QED) is 0.532. The normalized spacial score (nSPS) is 10.9. The van der Waals surface area contributed by atoms with Crippen LogP contribution in [0.3, 0.4) is 0 Å². The van der Waals surface area contributed by atoms with Crippen molar-refractivity contribution in [1.82, 2.24) is 0 Å². The third-order valence-corrected chi connectivity index (χ3v) is 4.18. The number of esters is 1. The lowest BCUT2D eigenvalue weighted by molar-refractivity contribution is -0.137. The Bertz CT molecular complexity index is 1030. The van der Waals surface area contributed by atoms with Gasteiger partial charge in [-0.3, -0.25) is 4.79 Å². The number of para-hydroxylation sites is 1. The average molecular weight is 429 g/mol. The van der Waals surface area contributed by atoms with Crippen LogP contribution < -0.4 is 10.1 Å². The van der Waals surface area contributed by atoms with E-state index >= 15 is 0 Å². The van der Waals surface area contributed by atoms with Gasteiger partial charge in [0.25, 0.3) is 5.91 Å². The molecule has 31 heavy (non-hydrogen) atoms. The predicted octanol–water partition coefficient (Wildman–Crippen LogP) is 5.08. The molecule has 0 saturated carbocycles. The minimum Gasteiger partial charge on any atom is -0.489 e. The zero-order valence-corrected chi connectivity index (χ0v) is 16.2. The van der Waals surface area contributed by atoms with Crippen LogP contribution >= 0.6 is 0 Å². The summed E-state index contributed by atoms with van der Waals surface area (Å²) in [5.74, 6) is -1.12. The van der Waals surface area contributed by atoms with Gasteiger partial charge in [-0.1, -0.05) is 42.5 Å². The van der Waals surface area contributed by atoms with E-state index in [0.717, 1.165) is 17.7 Å². The molecular formula is C23H18F3NO4. The number of carbonyl (C=O) groups is 2. The molecule has 8 heteroatoms. The third-order valence-electron chi connectivity index (χ3n) is 4.18. The smallest absolute Gasteiger partial charge is 0.418 e. The van der Waals surface area contributed by atoms with E-state index in [0.29, 0.717) is 12.4 Å². The van der Waals surface area contributed by atoms with Crippen molar-refractivity contribution in [3.05, 3.63) is 95.6 Å². The highest BCUT2D eigenvalue weighted by Crippen LogP contribution is 2.34. The fraction of sp³-hybridized carbons (Fsp3) is 0.130. The van der Waals surface area contributed by atoms with Crippen molar-refractivity contribution in [2.24, 2.45) is 0 Å². The minimum absolute atomic E-state index is 0.176. The molecule has 0 heterocycles. The van der Waals surface area contributed by atoms with Gasteiger partial charge in [-0.05, 0) is 42.0 Å². The van der Waals surface area contributed by atoms with Gasteiger partial charge in [-0.2, -0.15) is 13.2 Å². The number of rotatable bonds is 7. The minimum atomic E-state index is -4.62. The molecule has 0 aromatic heterocycles. The molecule has 0 bridgehead atoms. The van der Waals surface area contributed by atoms with E-state index in [2.05, 4.69) is 5.32 Å². The third kappa shape index (κ3) is 6.33. The van der Waals surface area contributed by atoms with Gasteiger partial charge >= 0.3 is 12.1 Å². The van der Waals surface area contributed by atoms with Crippen molar-refractivity contribution in [3.63, 3.8) is 0 Å². The van der Waals surface area contributed by atoms with Gasteiger partial charge in [0.1, 0.15) is 12.4 Å². The Morgan fingerprint density at radius 3 is 2.16 bits per heavy atom. The van der Waals surface area contributed by atoms with Gasteiger partial charge in [0.15, 0.2) is 6.61 Å². The maximum Gasteiger partial charge on any atom is 0.418 e. The molecule has 0 aliphatic carbocycles. The highest BCUT2D eigenvalue weighted by atomic mass is 19.4. The predicted molar refractivity (Wildman–Crippen MR) is 108 cm³/mol. The number of hydrogen-bond donors (Lipinski definition) is 1. The first-order valence-electron chi connectivity index (χ1n) is 9.23. The van der Waals surface area contributed by atoms with E-state index in [1.807, 2.05) is 30.3 Å². The summed E-state index contributed by atoms with van der Waals surface area (Å²) in [4.78, 5) is 24.0. The molecule has 0 aliphatic heterocycles. The van der Waals surface area contributed by atoms with Crippen LogP contribution in [0.2, 0.25) is 0 Å². The zero-order valence-electron chi connectivity index (χ0n) is 16.2. The SMILES string of the molecule is O=C(COC(=O)c1ccc(OCc2ccccc2)cc1)Nc1ccccc1C(F)(F)F. The second kappa shape index (κ2) is 9.80. The Kier molecular flexibility index (Phi) is 6.92. The monoisotopic (exact) mass is 429 g/mol. The fourth-order valence-electron chi connectivity index (χ4n) is 2.67. The van der Waals surface area contributed by atoms with Crippen LogP contribution in [-0.2, 0) is 22.3 Å². The first-order chi connectivity index (χ1) is 14.8. The lowest BCUT2D eigenvalue weighted by Gasteiger charge is -2.13. The van der Waals surface area contributed by atoms with E-state index in [9.17, 15) is 22.8 Å². The molecule has 3 aromatic rings. The topological polar surface area (TPSA) is 64.6 Å². The molecule has 0 saturated heterocycles. The summed E-state index contributed by atoms with van der Waals surface area (Å²) in [7, 11) is 0. The largest absolute Gasteiger partial charge is 0.489 e. The molecule has 1 amide bonds. The highest BCUT2D eigenvalue weighted by Gasteiger charge is 2.33. The molecule has 160 valence electrons. The summed E-state index contributed by atoms with van der Waals surface area (Å²) >= 11 is 0. The summed E-state index contributed by atoms with van der Waals surface area (Å²) < 4.78 is 49.4. The maximum absolute atomic E-state index is 13.0. The summed E-state index contributed by atoms with van der Waals surface area (Å²) in [6.07, 6.45) is -4.62. The molecule has 0 fully saturated rings. The number of benzene rings is 3. The molecule has 0 radical (unpaired) electrons. The highest BCUT2D eigenvalue weighted by molar-refractivity contribution is 5.96. The number of ether oxygens (including phenoxy) is 2. The van der Waals surface area contributed by atoms with Crippen LogP contribution in [-0.4, -0.2) is 18.5 Å². The molecule has 0 spiro atoms. The summed E-state index contributed by atoms with van der Waals surface area (Å²) in [6.45, 7) is -0.360. The van der Waals surface area contributed by atoms with E-state index in [4.69, 9.17) is 9.47 Å². The number of halogens is 3. The molecule has 3 aromatic carbocycles. The van der Waals surface area contributed by atoms with E-state index < -0.39 is 35.9 Å². The Labute approximate surface area is 176 Å². The first-order valence-corrected chi connectivity index (χ1v) is 9.23. The molecule has 3 rings (SSSR count). The van der Waals surface area contributed by atoms with E-state index in [-0.39, 0.29) is 5.56 Å². The van der Waals surface area contributed by atoms with E-state index in [1.54, 1.807) is 12.1 Å². The molecule has 0 unspecified atom stereocenters. The fourth-order valence-corrected chi connectivity index (χ4v) is 2.67. The molecule has 5 nitrogen and oxygen atoms in total. The van der Waals surface area contributed by atoms with E-state index in [1.165, 1.54) is 24.3 Å². The number of amides is 1. The van der Waals surface area contributed by atoms with Crippen LogP contribution in [0.4, 0.5) is 18.9 Å². The number of hydrogen-bond acceptors (Lipinski definition) is 4. The maximum atomic E-state index is 13.0. The lowest BCUT2D eigenvalue weighted by atomic mass is 10.1.